The molecule has 0 heteroatoms. The molecule has 0 saturated carbocycles. The van der Waals surface area contributed by atoms with Gasteiger partial charge in [-0.25, -0.2) is 0 Å². The van der Waals surface area contributed by atoms with Gasteiger partial charge in [0.1, 0.15) is 0 Å². The van der Waals surface area contributed by atoms with Crippen LogP contribution in [0.1, 0.15) is 46.2 Å². The van der Waals surface area contributed by atoms with Crippen LogP contribution in [0.5, 0.6) is 0 Å². The van der Waals surface area contributed by atoms with Gasteiger partial charge in [0.05, 0.1) is 0 Å². The average Bonchev–Trinajstić information content (AvgIpc) is 2.79. The summed E-state index contributed by atoms with van der Waals surface area (Å²) < 4.78 is 0. The fraction of sp³-hybridized carbons (Fsp3) is 0.280. The van der Waals surface area contributed by atoms with E-state index in [-0.39, 0.29) is 0 Å². The molecule has 0 N–H and O–H groups in total. The molecule has 1 atom stereocenters. The molecule has 0 saturated heterocycles. The molecular formula is C25H26. The maximum absolute atomic E-state index is 2.44. The van der Waals surface area contributed by atoms with E-state index in [1.165, 1.54) is 44.5 Å². The topological polar surface area (TPSA) is 0 Å². The third-order valence-electron chi connectivity index (χ3n) is 5.69. The molecule has 25 heavy (non-hydrogen) atoms. The fourth-order valence-electron chi connectivity index (χ4n) is 4.28. The van der Waals surface area contributed by atoms with Crippen LogP contribution in [-0.2, 0) is 19.3 Å². The van der Waals surface area contributed by atoms with E-state index in [2.05, 4.69) is 81.4 Å². The fourth-order valence-corrected chi connectivity index (χ4v) is 4.28. The zero-order valence-electron chi connectivity index (χ0n) is 15.5. The summed E-state index contributed by atoms with van der Waals surface area (Å²) in [5.41, 5.74) is 11.6. The van der Waals surface area contributed by atoms with Gasteiger partial charge in [0.25, 0.3) is 0 Å². The minimum absolute atomic E-state index is 0.550. The van der Waals surface area contributed by atoms with Crippen molar-refractivity contribution in [1.82, 2.24) is 0 Å². The van der Waals surface area contributed by atoms with Crippen molar-refractivity contribution in [2.45, 2.75) is 46.0 Å². The molecule has 4 rings (SSSR count). The van der Waals surface area contributed by atoms with Crippen LogP contribution in [-0.4, -0.2) is 0 Å². The summed E-state index contributed by atoms with van der Waals surface area (Å²) in [5.74, 6) is 0.550. The standard InChI is InChI=1S/C25H26/c1-4-19-11-12-24-21(14-19)16-22(15-20-7-5-6-8-23(20)24)25-13-17(2)9-10-18(25)3/h5-14,22H,4,15-16H2,1-3H3. The van der Waals surface area contributed by atoms with E-state index in [4.69, 9.17) is 0 Å². The highest BCUT2D eigenvalue weighted by molar-refractivity contribution is 5.72. The molecule has 0 amide bonds. The van der Waals surface area contributed by atoms with Gasteiger partial charge in [0.15, 0.2) is 0 Å². The van der Waals surface area contributed by atoms with Crippen LogP contribution < -0.4 is 0 Å². The summed E-state index contributed by atoms with van der Waals surface area (Å²) in [4.78, 5) is 0. The predicted octanol–water partition coefficient (Wildman–Crippen LogP) is 6.42. The summed E-state index contributed by atoms with van der Waals surface area (Å²) in [6.07, 6.45) is 3.35. The van der Waals surface area contributed by atoms with Gasteiger partial charge in [-0.15, -0.1) is 0 Å². The van der Waals surface area contributed by atoms with Gasteiger partial charge in [-0.05, 0) is 78.0 Å². The van der Waals surface area contributed by atoms with Gasteiger partial charge in [0.2, 0.25) is 0 Å². The summed E-state index contributed by atoms with van der Waals surface area (Å²) in [7, 11) is 0. The van der Waals surface area contributed by atoms with Gasteiger partial charge < -0.3 is 0 Å². The van der Waals surface area contributed by atoms with E-state index in [1.807, 2.05) is 0 Å². The summed E-state index contributed by atoms with van der Waals surface area (Å²) >= 11 is 0. The highest BCUT2D eigenvalue weighted by atomic mass is 14.3. The van der Waals surface area contributed by atoms with Gasteiger partial charge >= 0.3 is 0 Å². The van der Waals surface area contributed by atoms with Crippen molar-refractivity contribution in [3.8, 4) is 11.1 Å². The molecule has 0 spiro atoms. The highest BCUT2D eigenvalue weighted by Crippen LogP contribution is 2.39. The molecule has 0 bridgehead atoms. The second-order valence-electron chi connectivity index (χ2n) is 7.47. The van der Waals surface area contributed by atoms with Crippen molar-refractivity contribution in [2.24, 2.45) is 0 Å². The minimum atomic E-state index is 0.550. The van der Waals surface area contributed by atoms with Crippen molar-refractivity contribution in [3.63, 3.8) is 0 Å². The normalized spacial score (nSPS) is 16.0. The van der Waals surface area contributed by atoms with E-state index in [1.54, 1.807) is 0 Å². The number of aryl methyl sites for hydroxylation is 3. The van der Waals surface area contributed by atoms with Crippen LogP contribution in [0.2, 0.25) is 0 Å². The van der Waals surface area contributed by atoms with Crippen LogP contribution in [0.4, 0.5) is 0 Å². The maximum atomic E-state index is 2.44. The Morgan fingerprint density at radius 2 is 1.56 bits per heavy atom. The van der Waals surface area contributed by atoms with Crippen molar-refractivity contribution >= 4 is 0 Å². The molecule has 3 aromatic rings. The Bertz CT molecular complexity index is 917. The third-order valence-corrected chi connectivity index (χ3v) is 5.69. The quantitative estimate of drug-likeness (QED) is 0.510. The van der Waals surface area contributed by atoms with E-state index >= 15 is 0 Å². The van der Waals surface area contributed by atoms with Gasteiger partial charge in [-0.2, -0.15) is 0 Å². The molecule has 3 aromatic carbocycles. The number of rotatable bonds is 2. The third kappa shape index (κ3) is 3.02. The lowest BCUT2D eigenvalue weighted by atomic mass is 9.85. The van der Waals surface area contributed by atoms with E-state index in [0.29, 0.717) is 5.92 Å². The van der Waals surface area contributed by atoms with Crippen LogP contribution in [0, 0.1) is 13.8 Å². The molecule has 1 aliphatic rings. The SMILES string of the molecule is CCc1ccc2c(c1)CC(c1cc(C)ccc1C)Cc1ccccc1-2. The zero-order chi connectivity index (χ0) is 17.4. The Morgan fingerprint density at radius 1 is 0.800 bits per heavy atom. The average molecular weight is 326 g/mol. The van der Waals surface area contributed by atoms with Crippen LogP contribution in [0.25, 0.3) is 11.1 Å². The number of hydrogen-bond acceptors (Lipinski definition) is 0. The van der Waals surface area contributed by atoms with Crippen LogP contribution in [0.3, 0.4) is 0 Å². The molecule has 1 unspecified atom stereocenters. The molecule has 0 aromatic heterocycles. The monoisotopic (exact) mass is 326 g/mol. The van der Waals surface area contributed by atoms with Crippen LogP contribution >= 0.6 is 0 Å². The molecule has 0 fully saturated rings. The first kappa shape index (κ1) is 16.1. The number of fused-ring (bicyclic) bond motifs is 3. The second kappa shape index (κ2) is 6.52. The summed E-state index contributed by atoms with van der Waals surface area (Å²) in [6.45, 7) is 6.71. The molecule has 0 radical (unpaired) electrons. The van der Waals surface area contributed by atoms with Gasteiger partial charge in [-0.1, -0.05) is 73.2 Å². The van der Waals surface area contributed by atoms with Crippen molar-refractivity contribution in [1.29, 1.82) is 0 Å². The zero-order valence-corrected chi connectivity index (χ0v) is 15.5. The second-order valence-corrected chi connectivity index (χ2v) is 7.47. The maximum Gasteiger partial charge on any atom is -0.00779 e. The molecule has 0 heterocycles. The largest absolute Gasteiger partial charge is 0.0620 e. The predicted molar refractivity (Wildman–Crippen MR) is 107 cm³/mol. The summed E-state index contributed by atoms with van der Waals surface area (Å²) in [5, 5.41) is 0. The Labute approximate surface area is 151 Å². The first-order valence-electron chi connectivity index (χ1n) is 9.43. The van der Waals surface area contributed by atoms with E-state index in [9.17, 15) is 0 Å². The van der Waals surface area contributed by atoms with E-state index in [0.717, 1.165) is 19.3 Å². The van der Waals surface area contributed by atoms with Crippen molar-refractivity contribution in [3.05, 3.63) is 94.0 Å². The Morgan fingerprint density at radius 3 is 2.40 bits per heavy atom. The lowest BCUT2D eigenvalue weighted by Crippen LogP contribution is -2.07. The lowest BCUT2D eigenvalue weighted by molar-refractivity contribution is 0.683. The Balaban J connectivity index is 1.89. The molecular weight excluding hydrogens is 300 g/mol. The Hall–Kier alpha value is -2.34. The van der Waals surface area contributed by atoms with E-state index < -0.39 is 0 Å². The molecule has 0 nitrogen and oxygen atoms in total. The van der Waals surface area contributed by atoms with Gasteiger partial charge in [-0.3, -0.25) is 0 Å². The lowest BCUT2D eigenvalue weighted by Gasteiger charge is -2.19. The number of benzene rings is 3. The first-order chi connectivity index (χ1) is 12.2. The molecule has 126 valence electrons. The minimum Gasteiger partial charge on any atom is -0.0620 e. The number of hydrogen-bond donors (Lipinski definition) is 0. The van der Waals surface area contributed by atoms with Crippen LogP contribution in [0.15, 0.2) is 60.7 Å². The molecule has 1 aliphatic carbocycles. The first-order valence-corrected chi connectivity index (χ1v) is 9.43. The molecule has 0 aliphatic heterocycles. The van der Waals surface area contributed by atoms with Crippen molar-refractivity contribution in [2.75, 3.05) is 0 Å². The van der Waals surface area contributed by atoms with Gasteiger partial charge in [0, 0.05) is 0 Å². The summed E-state index contributed by atoms with van der Waals surface area (Å²) in [6, 6.07) is 23.0. The smallest absolute Gasteiger partial charge is 0.00779 e. The Kier molecular flexibility index (Phi) is 4.21. The van der Waals surface area contributed by atoms with Crippen molar-refractivity contribution < 1.29 is 0 Å². The highest BCUT2D eigenvalue weighted by Gasteiger charge is 2.23.